The van der Waals surface area contributed by atoms with Gasteiger partial charge < -0.3 is 10.6 Å². The Morgan fingerprint density at radius 1 is 1.15 bits per heavy atom. The van der Waals surface area contributed by atoms with Crippen molar-refractivity contribution in [3.63, 3.8) is 0 Å². The SMILES string of the molecule is NC(CC(=O)N1CC(c2cc(F)ccc2F)=C[C@H]1c1ccccc1)C1CC1. The standard InChI is InChI=1S/C22H22F2N2O/c23-17-8-9-19(24)18(11-17)16-10-21(15-4-2-1-3-5-15)26(13-16)22(27)12-20(25)14-6-7-14/h1-5,8-11,14,20-21H,6-7,12-13,25H2/t20?,21-/m0/s1. The second kappa shape index (κ2) is 7.24. The van der Waals surface area contributed by atoms with Gasteiger partial charge in [0, 0.05) is 24.6 Å². The van der Waals surface area contributed by atoms with Gasteiger partial charge in [0.25, 0.3) is 0 Å². The lowest BCUT2D eigenvalue weighted by Gasteiger charge is -2.26. The second-order valence-electron chi connectivity index (χ2n) is 7.40. The van der Waals surface area contributed by atoms with E-state index < -0.39 is 11.6 Å². The molecule has 2 aliphatic rings. The van der Waals surface area contributed by atoms with Crippen LogP contribution in [0.25, 0.3) is 5.57 Å². The van der Waals surface area contributed by atoms with Crippen molar-refractivity contribution in [1.29, 1.82) is 0 Å². The topological polar surface area (TPSA) is 46.3 Å². The van der Waals surface area contributed by atoms with Gasteiger partial charge in [0.1, 0.15) is 11.6 Å². The number of carbonyl (C=O) groups excluding carboxylic acids is 1. The minimum absolute atomic E-state index is 0.0497. The van der Waals surface area contributed by atoms with Crippen LogP contribution in [0.3, 0.4) is 0 Å². The minimum atomic E-state index is -0.496. The molecule has 0 bridgehead atoms. The van der Waals surface area contributed by atoms with Crippen LogP contribution in [0.15, 0.2) is 54.6 Å². The van der Waals surface area contributed by atoms with Crippen LogP contribution in [-0.2, 0) is 4.79 Å². The van der Waals surface area contributed by atoms with Crippen LogP contribution in [0.2, 0.25) is 0 Å². The summed E-state index contributed by atoms with van der Waals surface area (Å²) < 4.78 is 27.9. The fraction of sp³-hybridized carbons (Fsp3) is 0.318. The van der Waals surface area contributed by atoms with Crippen LogP contribution in [-0.4, -0.2) is 23.4 Å². The minimum Gasteiger partial charge on any atom is -0.328 e. The number of hydrogen-bond donors (Lipinski definition) is 1. The van der Waals surface area contributed by atoms with Gasteiger partial charge in [0.2, 0.25) is 5.91 Å². The third-order valence-electron chi connectivity index (χ3n) is 5.41. The molecule has 1 aliphatic carbocycles. The summed E-state index contributed by atoms with van der Waals surface area (Å²) in [4.78, 5) is 14.7. The van der Waals surface area contributed by atoms with Gasteiger partial charge in [-0.05, 0) is 48.1 Å². The molecule has 27 heavy (non-hydrogen) atoms. The summed E-state index contributed by atoms with van der Waals surface area (Å²) in [5.74, 6) is -0.603. The summed E-state index contributed by atoms with van der Waals surface area (Å²) in [6.45, 7) is 0.246. The van der Waals surface area contributed by atoms with Crippen LogP contribution < -0.4 is 5.73 Å². The maximum Gasteiger partial charge on any atom is 0.225 e. The number of halogens is 2. The van der Waals surface area contributed by atoms with Crippen molar-refractivity contribution in [2.75, 3.05) is 6.54 Å². The van der Waals surface area contributed by atoms with Crippen LogP contribution in [0.4, 0.5) is 8.78 Å². The van der Waals surface area contributed by atoms with Crippen LogP contribution in [0.1, 0.15) is 36.4 Å². The first kappa shape index (κ1) is 17.9. The zero-order valence-corrected chi connectivity index (χ0v) is 14.9. The predicted octanol–water partition coefficient (Wildman–Crippen LogP) is 4.06. The molecule has 0 saturated heterocycles. The van der Waals surface area contributed by atoms with Crippen LogP contribution in [0.5, 0.6) is 0 Å². The molecular weight excluding hydrogens is 346 g/mol. The molecule has 0 aromatic heterocycles. The van der Waals surface area contributed by atoms with Gasteiger partial charge in [-0.3, -0.25) is 4.79 Å². The second-order valence-corrected chi connectivity index (χ2v) is 7.40. The molecule has 5 heteroatoms. The molecule has 2 atom stereocenters. The van der Waals surface area contributed by atoms with Crippen molar-refractivity contribution in [1.82, 2.24) is 4.90 Å². The molecule has 2 aromatic carbocycles. The summed E-state index contributed by atoms with van der Waals surface area (Å²) in [7, 11) is 0. The van der Waals surface area contributed by atoms with E-state index in [2.05, 4.69) is 0 Å². The summed E-state index contributed by atoms with van der Waals surface area (Å²) in [5.41, 5.74) is 7.92. The molecule has 1 saturated carbocycles. The molecule has 1 aliphatic heterocycles. The van der Waals surface area contributed by atoms with Crippen molar-refractivity contribution in [3.8, 4) is 0 Å². The van der Waals surface area contributed by atoms with Gasteiger partial charge in [-0.2, -0.15) is 0 Å². The van der Waals surface area contributed by atoms with Crippen molar-refractivity contribution < 1.29 is 13.6 Å². The van der Waals surface area contributed by atoms with E-state index in [9.17, 15) is 13.6 Å². The van der Waals surface area contributed by atoms with E-state index >= 15 is 0 Å². The molecule has 1 fully saturated rings. The van der Waals surface area contributed by atoms with E-state index in [4.69, 9.17) is 5.73 Å². The van der Waals surface area contributed by atoms with E-state index in [1.54, 1.807) is 4.90 Å². The van der Waals surface area contributed by atoms with E-state index in [-0.39, 0.29) is 36.5 Å². The van der Waals surface area contributed by atoms with Crippen LogP contribution in [0, 0.1) is 17.6 Å². The fourth-order valence-electron chi connectivity index (χ4n) is 3.71. The normalized spacial score (nSPS) is 20.5. The monoisotopic (exact) mass is 368 g/mol. The Hall–Kier alpha value is -2.53. The highest BCUT2D eigenvalue weighted by Gasteiger charge is 2.35. The first-order valence-electron chi connectivity index (χ1n) is 9.29. The molecule has 4 rings (SSSR count). The molecule has 2 N–H and O–H groups in total. The Morgan fingerprint density at radius 3 is 2.59 bits per heavy atom. The van der Waals surface area contributed by atoms with E-state index in [1.165, 1.54) is 6.07 Å². The predicted molar refractivity (Wildman–Crippen MR) is 101 cm³/mol. The number of nitrogens with zero attached hydrogens (tertiary/aromatic N) is 1. The largest absolute Gasteiger partial charge is 0.328 e. The molecule has 3 nitrogen and oxygen atoms in total. The maximum atomic E-state index is 14.3. The van der Waals surface area contributed by atoms with Gasteiger partial charge >= 0.3 is 0 Å². The van der Waals surface area contributed by atoms with Crippen molar-refractivity contribution in [2.45, 2.75) is 31.3 Å². The van der Waals surface area contributed by atoms with Crippen molar-refractivity contribution in [2.24, 2.45) is 11.7 Å². The van der Waals surface area contributed by atoms with Crippen LogP contribution >= 0.6 is 0 Å². The number of benzene rings is 2. The van der Waals surface area contributed by atoms with E-state index in [0.717, 1.165) is 30.5 Å². The molecule has 1 unspecified atom stereocenters. The zero-order valence-electron chi connectivity index (χ0n) is 14.9. The molecule has 0 radical (unpaired) electrons. The average Bonchev–Trinajstić information content (AvgIpc) is 3.43. The third-order valence-corrected chi connectivity index (χ3v) is 5.41. The molecule has 0 spiro atoms. The highest BCUT2D eigenvalue weighted by molar-refractivity contribution is 5.83. The zero-order chi connectivity index (χ0) is 19.0. The summed E-state index contributed by atoms with van der Waals surface area (Å²) in [5, 5.41) is 0. The van der Waals surface area contributed by atoms with Gasteiger partial charge in [-0.15, -0.1) is 0 Å². The molecule has 2 aromatic rings. The van der Waals surface area contributed by atoms with Crippen molar-refractivity contribution >= 4 is 11.5 Å². The number of carbonyl (C=O) groups is 1. The lowest BCUT2D eigenvalue weighted by molar-refractivity contribution is -0.132. The fourth-order valence-corrected chi connectivity index (χ4v) is 3.71. The first-order valence-corrected chi connectivity index (χ1v) is 9.29. The molecule has 140 valence electrons. The molecule has 1 heterocycles. The summed E-state index contributed by atoms with van der Waals surface area (Å²) in [6.07, 6.45) is 4.29. The Balaban J connectivity index is 1.64. The number of rotatable bonds is 5. The Morgan fingerprint density at radius 2 is 1.89 bits per heavy atom. The van der Waals surface area contributed by atoms with Gasteiger partial charge in [-0.25, -0.2) is 8.78 Å². The van der Waals surface area contributed by atoms with Crippen molar-refractivity contribution in [3.05, 3.63) is 77.4 Å². The lowest BCUT2D eigenvalue weighted by Crippen LogP contribution is -2.37. The summed E-state index contributed by atoms with van der Waals surface area (Å²) in [6, 6.07) is 12.6. The maximum absolute atomic E-state index is 14.3. The quantitative estimate of drug-likeness (QED) is 0.865. The highest BCUT2D eigenvalue weighted by atomic mass is 19.1. The first-order chi connectivity index (χ1) is 13.0. The Kier molecular flexibility index (Phi) is 4.79. The average molecular weight is 368 g/mol. The highest BCUT2D eigenvalue weighted by Crippen LogP contribution is 2.38. The summed E-state index contributed by atoms with van der Waals surface area (Å²) >= 11 is 0. The van der Waals surface area contributed by atoms with Gasteiger partial charge in [0.05, 0.1) is 6.04 Å². The third kappa shape index (κ3) is 3.78. The van der Waals surface area contributed by atoms with E-state index in [0.29, 0.717) is 11.5 Å². The van der Waals surface area contributed by atoms with Gasteiger partial charge in [0.15, 0.2) is 0 Å². The number of hydrogen-bond acceptors (Lipinski definition) is 2. The smallest absolute Gasteiger partial charge is 0.225 e. The Labute approximate surface area is 157 Å². The number of amides is 1. The Bertz CT molecular complexity index is 877. The van der Waals surface area contributed by atoms with E-state index in [1.807, 2.05) is 36.4 Å². The van der Waals surface area contributed by atoms with Gasteiger partial charge in [-0.1, -0.05) is 36.4 Å². The molecular formula is C22H22F2N2O. The molecule has 1 amide bonds. The lowest BCUT2D eigenvalue weighted by atomic mass is 10.0. The number of nitrogens with two attached hydrogens (primary N) is 1.